The van der Waals surface area contributed by atoms with Crippen molar-refractivity contribution in [2.45, 2.75) is 37.0 Å². The Morgan fingerprint density at radius 3 is 2.27 bits per heavy atom. The molecule has 2 atom stereocenters. The van der Waals surface area contributed by atoms with E-state index in [1.807, 2.05) is 44.2 Å². The molecule has 2 aromatic rings. The zero-order chi connectivity index (χ0) is 19.3. The van der Waals surface area contributed by atoms with E-state index in [9.17, 15) is 9.59 Å². The summed E-state index contributed by atoms with van der Waals surface area (Å²) in [7, 11) is 0. The summed E-state index contributed by atoms with van der Waals surface area (Å²) in [6.07, 6.45) is 0. The maximum atomic E-state index is 12.5. The van der Waals surface area contributed by atoms with Gasteiger partial charge in [0.05, 0.1) is 11.3 Å². The lowest BCUT2D eigenvalue weighted by Crippen LogP contribution is -2.33. The summed E-state index contributed by atoms with van der Waals surface area (Å²) < 4.78 is 0. The van der Waals surface area contributed by atoms with Crippen LogP contribution in [0.4, 0.5) is 5.69 Å². The van der Waals surface area contributed by atoms with Gasteiger partial charge in [0.1, 0.15) is 0 Å². The number of halogens is 2. The molecule has 0 saturated carbocycles. The SMILES string of the molecule is CC(=O)Nc1ccc(SC(C)C(=O)NC(C)c2ccc(Cl)cc2Cl)cc1. The molecular weight excluding hydrogens is 391 g/mol. The summed E-state index contributed by atoms with van der Waals surface area (Å²) in [5, 5.41) is 6.49. The standard InChI is InChI=1S/C19H20Cl2N2O2S/c1-11(17-9-4-14(20)10-18(17)21)22-19(25)12(2)26-16-7-5-15(6-8-16)23-13(3)24/h4-12H,1-3H3,(H,22,25)(H,23,24). The molecular formula is C19H20Cl2N2O2S. The molecule has 138 valence electrons. The number of thioether (sulfide) groups is 1. The van der Waals surface area contributed by atoms with Crippen molar-refractivity contribution >= 4 is 52.5 Å². The van der Waals surface area contributed by atoms with E-state index in [-0.39, 0.29) is 23.1 Å². The van der Waals surface area contributed by atoms with Crippen LogP contribution in [0, 0.1) is 0 Å². The van der Waals surface area contributed by atoms with Crippen molar-refractivity contribution in [1.29, 1.82) is 0 Å². The minimum atomic E-state index is -0.282. The fourth-order valence-corrected chi connectivity index (χ4v) is 3.79. The number of anilines is 1. The number of benzene rings is 2. The number of hydrogen-bond acceptors (Lipinski definition) is 3. The van der Waals surface area contributed by atoms with E-state index >= 15 is 0 Å². The van der Waals surface area contributed by atoms with Gasteiger partial charge in [-0.1, -0.05) is 29.3 Å². The summed E-state index contributed by atoms with van der Waals surface area (Å²) in [4.78, 5) is 24.4. The van der Waals surface area contributed by atoms with Crippen LogP contribution < -0.4 is 10.6 Å². The zero-order valence-corrected chi connectivity index (χ0v) is 17.0. The number of hydrogen-bond donors (Lipinski definition) is 2. The van der Waals surface area contributed by atoms with Gasteiger partial charge in [0, 0.05) is 27.6 Å². The molecule has 2 N–H and O–H groups in total. The number of amides is 2. The largest absolute Gasteiger partial charge is 0.349 e. The summed E-state index contributed by atoms with van der Waals surface area (Å²) >= 11 is 13.6. The Hall–Kier alpha value is -1.69. The van der Waals surface area contributed by atoms with Crippen molar-refractivity contribution in [2.24, 2.45) is 0 Å². The number of rotatable bonds is 6. The lowest BCUT2D eigenvalue weighted by atomic mass is 10.1. The number of carbonyl (C=O) groups is 2. The van der Waals surface area contributed by atoms with Gasteiger partial charge in [-0.15, -0.1) is 11.8 Å². The molecule has 26 heavy (non-hydrogen) atoms. The first-order valence-electron chi connectivity index (χ1n) is 8.06. The summed E-state index contributed by atoms with van der Waals surface area (Å²) in [6.45, 7) is 5.19. The van der Waals surface area contributed by atoms with E-state index in [0.29, 0.717) is 10.0 Å². The second kappa shape index (κ2) is 9.31. The Morgan fingerprint density at radius 2 is 1.69 bits per heavy atom. The molecule has 0 heterocycles. The second-order valence-electron chi connectivity index (χ2n) is 5.86. The van der Waals surface area contributed by atoms with Crippen LogP contribution in [0.2, 0.25) is 10.0 Å². The van der Waals surface area contributed by atoms with Crippen LogP contribution >= 0.6 is 35.0 Å². The second-order valence-corrected chi connectivity index (χ2v) is 8.12. The summed E-state index contributed by atoms with van der Waals surface area (Å²) in [5.41, 5.74) is 1.55. The highest BCUT2D eigenvalue weighted by Crippen LogP contribution is 2.28. The van der Waals surface area contributed by atoms with Crippen molar-refractivity contribution in [3.8, 4) is 0 Å². The van der Waals surface area contributed by atoms with E-state index in [1.54, 1.807) is 12.1 Å². The molecule has 7 heteroatoms. The van der Waals surface area contributed by atoms with Crippen LogP contribution in [0.15, 0.2) is 47.4 Å². The molecule has 2 amide bonds. The third kappa shape index (κ3) is 5.94. The number of nitrogens with one attached hydrogen (secondary N) is 2. The molecule has 0 spiro atoms. The van der Waals surface area contributed by atoms with E-state index in [2.05, 4.69) is 10.6 Å². The first-order chi connectivity index (χ1) is 12.3. The average Bonchev–Trinajstić information content (AvgIpc) is 2.55. The third-order valence-electron chi connectivity index (χ3n) is 3.64. The van der Waals surface area contributed by atoms with E-state index in [4.69, 9.17) is 23.2 Å². The molecule has 0 aromatic heterocycles. The van der Waals surface area contributed by atoms with Crippen molar-refractivity contribution in [1.82, 2.24) is 5.32 Å². The Bertz CT molecular complexity index is 797. The van der Waals surface area contributed by atoms with Crippen LogP contribution in [0.25, 0.3) is 0 Å². The molecule has 0 aliphatic heterocycles. The zero-order valence-electron chi connectivity index (χ0n) is 14.7. The predicted molar refractivity (Wildman–Crippen MR) is 109 cm³/mol. The van der Waals surface area contributed by atoms with Gasteiger partial charge in [0.25, 0.3) is 0 Å². The third-order valence-corrected chi connectivity index (χ3v) is 5.32. The Balaban J connectivity index is 1.95. The van der Waals surface area contributed by atoms with Crippen LogP contribution in [0.3, 0.4) is 0 Å². The highest BCUT2D eigenvalue weighted by atomic mass is 35.5. The van der Waals surface area contributed by atoms with Gasteiger partial charge in [0.15, 0.2) is 0 Å². The quantitative estimate of drug-likeness (QED) is 0.634. The molecule has 2 aromatic carbocycles. The first kappa shape index (κ1) is 20.6. The van der Waals surface area contributed by atoms with E-state index in [1.165, 1.54) is 18.7 Å². The van der Waals surface area contributed by atoms with Crippen LogP contribution in [-0.2, 0) is 9.59 Å². The predicted octanol–water partition coefficient (Wildman–Crippen LogP) is 5.31. The maximum Gasteiger partial charge on any atom is 0.233 e. The minimum Gasteiger partial charge on any atom is -0.349 e. The maximum absolute atomic E-state index is 12.5. The highest BCUT2D eigenvalue weighted by molar-refractivity contribution is 8.00. The van der Waals surface area contributed by atoms with Gasteiger partial charge in [-0.2, -0.15) is 0 Å². The number of carbonyl (C=O) groups excluding carboxylic acids is 2. The van der Waals surface area contributed by atoms with Crippen LogP contribution in [-0.4, -0.2) is 17.1 Å². The van der Waals surface area contributed by atoms with Gasteiger partial charge < -0.3 is 10.6 Å². The molecule has 0 aliphatic carbocycles. The molecule has 0 aliphatic rings. The lowest BCUT2D eigenvalue weighted by Gasteiger charge is -2.19. The monoisotopic (exact) mass is 410 g/mol. The van der Waals surface area contributed by atoms with Gasteiger partial charge in [-0.05, 0) is 55.8 Å². The van der Waals surface area contributed by atoms with E-state index < -0.39 is 0 Å². The van der Waals surface area contributed by atoms with Crippen LogP contribution in [0.1, 0.15) is 32.4 Å². The van der Waals surface area contributed by atoms with Crippen molar-refractivity contribution in [2.75, 3.05) is 5.32 Å². The highest BCUT2D eigenvalue weighted by Gasteiger charge is 2.18. The van der Waals surface area contributed by atoms with E-state index in [0.717, 1.165) is 16.1 Å². The van der Waals surface area contributed by atoms with Crippen LogP contribution in [0.5, 0.6) is 0 Å². The fraction of sp³-hybridized carbons (Fsp3) is 0.263. The minimum absolute atomic E-state index is 0.0838. The molecule has 2 rings (SSSR count). The molecule has 0 saturated heterocycles. The molecule has 4 nitrogen and oxygen atoms in total. The lowest BCUT2D eigenvalue weighted by molar-refractivity contribution is -0.121. The summed E-state index contributed by atoms with van der Waals surface area (Å²) in [6, 6.07) is 12.4. The van der Waals surface area contributed by atoms with Crippen molar-refractivity contribution in [3.63, 3.8) is 0 Å². The Kier molecular flexibility index (Phi) is 7.38. The molecule has 0 bridgehead atoms. The smallest absolute Gasteiger partial charge is 0.233 e. The van der Waals surface area contributed by atoms with Crippen molar-refractivity contribution in [3.05, 3.63) is 58.1 Å². The molecule has 0 fully saturated rings. The molecule has 2 unspecified atom stereocenters. The Morgan fingerprint density at radius 1 is 1.04 bits per heavy atom. The van der Waals surface area contributed by atoms with Crippen molar-refractivity contribution < 1.29 is 9.59 Å². The van der Waals surface area contributed by atoms with Gasteiger partial charge in [0.2, 0.25) is 11.8 Å². The topological polar surface area (TPSA) is 58.2 Å². The first-order valence-corrected chi connectivity index (χ1v) is 9.69. The Labute approximate surface area is 167 Å². The van der Waals surface area contributed by atoms with Gasteiger partial charge in [-0.3, -0.25) is 9.59 Å². The van der Waals surface area contributed by atoms with Gasteiger partial charge >= 0.3 is 0 Å². The fourth-order valence-electron chi connectivity index (χ4n) is 2.34. The van der Waals surface area contributed by atoms with Gasteiger partial charge in [-0.25, -0.2) is 0 Å². The average molecular weight is 411 g/mol. The molecule has 0 radical (unpaired) electrons. The summed E-state index contributed by atoms with van der Waals surface area (Å²) in [5.74, 6) is -0.201. The normalized spacial score (nSPS) is 13.0.